The first kappa shape index (κ1) is 19.0. The van der Waals surface area contributed by atoms with Gasteiger partial charge < -0.3 is 24.6 Å². The lowest BCUT2D eigenvalue weighted by Gasteiger charge is -2.11. The maximum atomic E-state index is 12.1. The quantitative estimate of drug-likeness (QED) is 0.452. The Morgan fingerprint density at radius 3 is 2.57 bits per heavy atom. The van der Waals surface area contributed by atoms with E-state index < -0.39 is 23.4 Å². The van der Waals surface area contributed by atoms with E-state index in [0.717, 1.165) is 0 Å². The average Bonchev–Trinajstić information content (AvgIpc) is 2.90. The number of nitro groups is 1. The summed E-state index contributed by atoms with van der Waals surface area (Å²) < 4.78 is 15.7. The summed E-state index contributed by atoms with van der Waals surface area (Å²) in [5, 5.41) is 23.0. The molecule has 1 aliphatic heterocycles. The van der Waals surface area contributed by atoms with Crippen molar-refractivity contribution in [3.63, 3.8) is 0 Å². The molecule has 0 unspecified atom stereocenters. The van der Waals surface area contributed by atoms with Crippen LogP contribution < -0.4 is 14.8 Å². The molecule has 0 bridgehead atoms. The molecule has 10 heteroatoms. The Hall–Kier alpha value is -3.82. The number of anilines is 1. The van der Waals surface area contributed by atoms with Gasteiger partial charge in [-0.2, -0.15) is 0 Å². The SMILES string of the molecule is O=C(COC(=O)c1cccc(O)c1)Nc1cc2c(cc1[N+](=O)[O-])OCCCO2. The molecule has 1 aliphatic rings. The number of amides is 1. The van der Waals surface area contributed by atoms with Crippen molar-refractivity contribution in [2.45, 2.75) is 6.42 Å². The summed E-state index contributed by atoms with van der Waals surface area (Å²) in [6.07, 6.45) is 0.620. The number of nitrogens with one attached hydrogen (secondary N) is 1. The molecule has 1 heterocycles. The number of fused-ring (bicyclic) bond motifs is 1. The molecule has 0 radical (unpaired) electrons. The highest BCUT2D eigenvalue weighted by Crippen LogP contribution is 2.39. The first-order chi connectivity index (χ1) is 13.4. The zero-order chi connectivity index (χ0) is 20.1. The van der Waals surface area contributed by atoms with Gasteiger partial charge in [0, 0.05) is 12.5 Å². The van der Waals surface area contributed by atoms with Crippen molar-refractivity contribution in [3.05, 3.63) is 52.1 Å². The van der Waals surface area contributed by atoms with Crippen LogP contribution in [-0.2, 0) is 9.53 Å². The standard InChI is InChI=1S/C18H16N2O8/c21-12-4-1-3-11(7-12)18(23)28-10-17(22)19-13-8-15-16(9-14(13)20(24)25)27-6-2-5-26-15/h1,3-4,7-9,21H,2,5-6,10H2,(H,19,22). The molecule has 0 aromatic heterocycles. The Labute approximate surface area is 158 Å². The molecule has 0 fully saturated rings. The topological polar surface area (TPSA) is 137 Å². The lowest BCUT2D eigenvalue weighted by atomic mass is 10.2. The van der Waals surface area contributed by atoms with Crippen LogP contribution in [0.2, 0.25) is 0 Å². The van der Waals surface area contributed by atoms with Gasteiger partial charge in [0.15, 0.2) is 18.1 Å². The number of phenolic OH excluding ortho intramolecular Hbond substituents is 1. The molecule has 146 valence electrons. The Bertz CT molecular complexity index is 928. The number of aromatic hydroxyl groups is 1. The second-order valence-corrected chi connectivity index (χ2v) is 5.80. The molecule has 2 aromatic carbocycles. The third kappa shape index (κ3) is 4.47. The van der Waals surface area contributed by atoms with Crippen LogP contribution in [0.15, 0.2) is 36.4 Å². The van der Waals surface area contributed by atoms with Crippen molar-refractivity contribution < 1.29 is 33.8 Å². The minimum absolute atomic E-state index is 0.0642. The first-order valence-electron chi connectivity index (χ1n) is 8.28. The zero-order valence-corrected chi connectivity index (χ0v) is 14.5. The second-order valence-electron chi connectivity index (χ2n) is 5.80. The Morgan fingerprint density at radius 2 is 1.89 bits per heavy atom. The summed E-state index contributed by atoms with van der Waals surface area (Å²) in [4.78, 5) is 34.6. The number of carbonyl (C=O) groups excluding carboxylic acids is 2. The van der Waals surface area contributed by atoms with Gasteiger partial charge in [-0.15, -0.1) is 0 Å². The smallest absolute Gasteiger partial charge is 0.338 e. The van der Waals surface area contributed by atoms with E-state index in [9.17, 15) is 24.8 Å². The van der Waals surface area contributed by atoms with Gasteiger partial charge in [-0.05, 0) is 18.2 Å². The Morgan fingerprint density at radius 1 is 1.18 bits per heavy atom. The predicted octanol–water partition coefficient (Wildman–Crippen LogP) is 2.26. The van der Waals surface area contributed by atoms with Crippen LogP contribution >= 0.6 is 0 Å². The summed E-state index contributed by atoms with van der Waals surface area (Å²) in [7, 11) is 0. The third-order valence-electron chi connectivity index (χ3n) is 3.75. The van der Waals surface area contributed by atoms with Gasteiger partial charge in [-0.1, -0.05) is 6.07 Å². The number of carbonyl (C=O) groups is 2. The van der Waals surface area contributed by atoms with Gasteiger partial charge in [-0.25, -0.2) is 4.79 Å². The molecule has 0 saturated carbocycles. The summed E-state index contributed by atoms with van der Waals surface area (Å²) >= 11 is 0. The van der Waals surface area contributed by atoms with Crippen molar-refractivity contribution in [2.24, 2.45) is 0 Å². The van der Waals surface area contributed by atoms with Crippen LogP contribution in [0.5, 0.6) is 17.2 Å². The first-order valence-corrected chi connectivity index (χ1v) is 8.28. The number of nitro benzene ring substituents is 1. The van der Waals surface area contributed by atoms with Crippen molar-refractivity contribution in [3.8, 4) is 17.2 Å². The maximum Gasteiger partial charge on any atom is 0.338 e. The van der Waals surface area contributed by atoms with E-state index in [2.05, 4.69) is 5.32 Å². The number of nitrogens with zero attached hydrogens (tertiary/aromatic N) is 1. The number of benzene rings is 2. The van der Waals surface area contributed by atoms with Gasteiger partial charge >= 0.3 is 5.97 Å². The molecular formula is C18H16N2O8. The summed E-state index contributed by atoms with van der Waals surface area (Å²) in [6.45, 7) is 0.0701. The van der Waals surface area contributed by atoms with Gasteiger partial charge in [0.2, 0.25) is 0 Å². The molecule has 0 aliphatic carbocycles. The van der Waals surface area contributed by atoms with E-state index in [1.807, 2.05) is 0 Å². The van der Waals surface area contributed by atoms with E-state index in [-0.39, 0.29) is 34.2 Å². The predicted molar refractivity (Wildman–Crippen MR) is 95.7 cm³/mol. The minimum Gasteiger partial charge on any atom is -0.508 e. The number of hydrogen-bond donors (Lipinski definition) is 2. The lowest BCUT2D eigenvalue weighted by molar-refractivity contribution is -0.384. The fourth-order valence-corrected chi connectivity index (χ4v) is 2.48. The second kappa shape index (κ2) is 8.25. The van der Waals surface area contributed by atoms with Gasteiger partial charge in [-0.3, -0.25) is 14.9 Å². The Kier molecular flexibility index (Phi) is 5.58. The van der Waals surface area contributed by atoms with Crippen molar-refractivity contribution in [2.75, 3.05) is 25.1 Å². The monoisotopic (exact) mass is 388 g/mol. The number of ether oxygens (including phenoxy) is 3. The highest BCUT2D eigenvalue weighted by molar-refractivity contribution is 5.97. The number of rotatable bonds is 5. The van der Waals surface area contributed by atoms with Gasteiger partial charge in [0.25, 0.3) is 11.6 Å². The van der Waals surface area contributed by atoms with Crippen LogP contribution in [0.1, 0.15) is 16.8 Å². The molecule has 2 N–H and O–H groups in total. The van der Waals surface area contributed by atoms with E-state index in [4.69, 9.17) is 14.2 Å². The summed E-state index contributed by atoms with van der Waals surface area (Å²) in [5.74, 6) is -1.22. The average molecular weight is 388 g/mol. The van der Waals surface area contributed by atoms with Crippen LogP contribution in [0.3, 0.4) is 0 Å². The van der Waals surface area contributed by atoms with Crippen molar-refractivity contribution >= 4 is 23.3 Å². The van der Waals surface area contributed by atoms with Crippen LogP contribution in [0.4, 0.5) is 11.4 Å². The van der Waals surface area contributed by atoms with Crippen molar-refractivity contribution in [1.29, 1.82) is 0 Å². The van der Waals surface area contributed by atoms with Gasteiger partial charge in [0.1, 0.15) is 11.4 Å². The Balaban J connectivity index is 1.70. The molecule has 2 aromatic rings. The molecule has 3 rings (SSSR count). The largest absolute Gasteiger partial charge is 0.508 e. The van der Waals surface area contributed by atoms with Crippen LogP contribution in [0, 0.1) is 10.1 Å². The van der Waals surface area contributed by atoms with Gasteiger partial charge in [0.05, 0.1) is 29.8 Å². The molecule has 0 spiro atoms. The number of hydrogen-bond acceptors (Lipinski definition) is 8. The van der Waals surface area contributed by atoms with Crippen molar-refractivity contribution in [1.82, 2.24) is 0 Å². The lowest BCUT2D eigenvalue weighted by Crippen LogP contribution is -2.21. The zero-order valence-electron chi connectivity index (χ0n) is 14.5. The van der Waals surface area contributed by atoms with Crippen LogP contribution in [0.25, 0.3) is 0 Å². The third-order valence-corrected chi connectivity index (χ3v) is 3.75. The van der Waals surface area contributed by atoms with E-state index >= 15 is 0 Å². The van der Waals surface area contributed by atoms with E-state index in [0.29, 0.717) is 19.6 Å². The maximum absolute atomic E-state index is 12.1. The molecule has 1 amide bonds. The number of phenols is 1. The molecule has 10 nitrogen and oxygen atoms in total. The van der Waals surface area contributed by atoms with E-state index in [1.54, 1.807) is 0 Å². The number of esters is 1. The normalized spacial score (nSPS) is 12.6. The molecule has 0 saturated heterocycles. The highest BCUT2D eigenvalue weighted by atomic mass is 16.6. The minimum atomic E-state index is -0.820. The molecule has 28 heavy (non-hydrogen) atoms. The fraction of sp³-hybridized carbons (Fsp3) is 0.222. The summed E-state index contributed by atoms with van der Waals surface area (Å²) in [6, 6.07) is 7.91. The fourth-order valence-electron chi connectivity index (χ4n) is 2.48. The molecule has 0 atom stereocenters. The summed E-state index contributed by atoms with van der Waals surface area (Å²) in [5.41, 5.74) is -0.418. The van der Waals surface area contributed by atoms with Crippen LogP contribution in [-0.4, -0.2) is 41.7 Å². The highest BCUT2D eigenvalue weighted by Gasteiger charge is 2.23. The molecular weight excluding hydrogens is 372 g/mol. The van der Waals surface area contributed by atoms with E-state index in [1.165, 1.54) is 36.4 Å².